The number of nitrogens with zero attached hydrogens (tertiary/aromatic N) is 2. The summed E-state index contributed by atoms with van der Waals surface area (Å²) in [4.78, 5) is 10.4. The topological polar surface area (TPSA) is 25.8 Å². The zero-order chi connectivity index (χ0) is 39.6. The molecule has 0 amide bonds. The van der Waals surface area contributed by atoms with Gasteiger partial charge in [0.1, 0.15) is 0 Å². The predicted molar refractivity (Wildman–Crippen MR) is 246 cm³/mol. The van der Waals surface area contributed by atoms with Crippen LogP contribution in [0.25, 0.3) is 88.3 Å². The number of aromatic nitrogens is 2. The Labute approximate surface area is 344 Å². The molecule has 278 valence electrons. The van der Waals surface area contributed by atoms with Gasteiger partial charge in [0.25, 0.3) is 0 Å². The van der Waals surface area contributed by atoms with Gasteiger partial charge in [0.2, 0.25) is 0 Å². The first kappa shape index (κ1) is 33.9. The van der Waals surface area contributed by atoms with Crippen LogP contribution < -0.4 is 0 Å². The quantitative estimate of drug-likeness (QED) is 0.168. The van der Waals surface area contributed by atoms with E-state index in [9.17, 15) is 0 Å². The molecular formula is C57H40N2. The lowest BCUT2D eigenvalue weighted by molar-refractivity contribution is 0.794. The van der Waals surface area contributed by atoms with Gasteiger partial charge in [-0.05, 0) is 134 Å². The molecule has 8 aromatic carbocycles. The number of rotatable bonds is 3. The summed E-state index contributed by atoms with van der Waals surface area (Å²) in [7, 11) is 0. The number of benzene rings is 8. The third kappa shape index (κ3) is 4.57. The number of pyridine rings is 2. The van der Waals surface area contributed by atoms with Crippen LogP contribution in [0.2, 0.25) is 0 Å². The molecule has 0 atom stereocenters. The Kier molecular flexibility index (Phi) is 7.14. The van der Waals surface area contributed by atoms with Crippen LogP contribution in [0.1, 0.15) is 44.5 Å². The molecule has 1 spiro atoms. The van der Waals surface area contributed by atoms with E-state index in [-0.39, 0.29) is 5.41 Å². The molecule has 2 aliphatic carbocycles. The van der Waals surface area contributed by atoms with Crippen molar-refractivity contribution in [2.24, 2.45) is 0 Å². The second-order valence-electron chi connectivity index (χ2n) is 16.6. The van der Waals surface area contributed by atoms with Crippen molar-refractivity contribution >= 4 is 32.6 Å². The minimum atomic E-state index is -0.353. The highest BCUT2D eigenvalue weighted by atomic mass is 14.8. The fourth-order valence-electron chi connectivity index (χ4n) is 10.6. The van der Waals surface area contributed by atoms with E-state index in [1.54, 1.807) is 0 Å². The van der Waals surface area contributed by atoms with Crippen molar-refractivity contribution in [2.45, 2.75) is 33.1 Å². The maximum atomic E-state index is 5.43. The van der Waals surface area contributed by atoms with E-state index in [1.807, 2.05) is 6.20 Å². The van der Waals surface area contributed by atoms with Crippen molar-refractivity contribution < 1.29 is 0 Å². The molecule has 0 N–H and O–H groups in total. The van der Waals surface area contributed by atoms with E-state index in [4.69, 9.17) is 9.97 Å². The molecule has 0 bridgehead atoms. The Morgan fingerprint density at radius 1 is 0.356 bits per heavy atom. The summed E-state index contributed by atoms with van der Waals surface area (Å²) in [5.41, 5.74) is 24.3. The monoisotopic (exact) mass is 752 g/mol. The third-order valence-electron chi connectivity index (χ3n) is 13.8. The lowest BCUT2D eigenvalue weighted by atomic mass is 9.70. The predicted octanol–water partition coefficient (Wildman–Crippen LogP) is 14.5. The van der Waals surface area contributed by atoms with Gasteiger partial charge in [0.05, 0.1) is 22.1 Å². The molecule has 0 radical (unpaired) electrons. The molecule has 10 aromatic rings. The van der Waals surface area contributed by atoms with Gasteiger partial charge in [0.15, 0.2) is 0 Å². The maximum Gasteiger partial charge on any atom is 0.0975 e. The molecule has 0 saturated heterocycles. The van der Waals surface area contributed by atoms with E-state index < -0.39 is 0 Å². The summed E-state index contributed by atoms with van der Waals surface area (Å²) in [6.45, 7) is 8.74. The van der Waals surface area contributed by atoms with Crippen LogP contribution in [-0.4, -0.2) is 9.97 Å². The summed E-state index contributed by atoms with van der Waals surface area (Å²) in [5, 5.41) is 4.75. The maximum absolute atomic E-state index is 5.43. The molecule has 0 aliphatic heterocycles. The van der Waals surface area contributed by atoms with Crippen LogP contribution >= 0.6 is 0 Å². The number of fused-ring (bicyclic) bond motifs is 14. The molecule has 59 heavy (non-hydrogen) atoms. The molecule has 0 saturated carbocycles. The summed E-state index contributed by atoms with van der Waals surface area (Å²) < 4.78 is 0. The Morgan fingerprint density at radius 3 is 1.51 bits per heavy atom. The number of hydrogen-bond acceptors (Lipinski definition) is 2. The molecule has 2 nitrogen and oxygen atoms in total. The lowest BCUT2D eigenvalue weighted by Gasteiger charge is -2.30. The lowest BCUT2D eigenvalue weighted by Crippen LogP contribution is -2.25. The van der Waals surface area contributed by atoms with Crippen LogP contribution in [-0.2, 0) is 5.41 Å². The molecule has 2 aromatic heterocycles. The molecule has 2 aliphatic rings. The van der Waals surface area contributed by atoms with Crippen LogP contribution in [0.15, 0.2) is 170 Å². The van der Waals surface area contributed by atoms with Crippen LogP contribution in [0.3, 0.4) is 0 Å². The molecule has 0 fully saturated rings. The van der Waals surface area contributed by atoms with Crippen LogP contribution in [0.5, 0.6) is 0 Å². The summed E-state index contributed by atoms with van der Waals surface area (Å²) in [6, 6.07) is 61.2. The van der Waals surface area contributed by atoms with Crippen molar-refractivity contribution in [3.63, 3.8) is 0 Å². The number of aryl methyl sites for hydroxylation is 3. The molecule has 2 heteroatoms. The van der Waals surface area contributed by atoms with Crippen LogP contribution in [0, 0.1) is 27.7 Å². The fraction of sp³-hybridized carbons (Fsp3) is 0.0877. The summed E-state index contributed by atoms with van der Waals surface area (Å²) >= 11 is 0. The molecular weight excluding hydrogens is 713 g/mol. The van der Waals surface area contributed by atoms with Gasteiger partial charge in [0, 0.05) is 22.5 Å². The van der Waals surface area contributed by atoms with E-state index >= 15 is 0 Å². The van der Waals surface area contributed by atoms with Crippen molar-refractivity contribution in [1.29, 1.82) is 0 Å². The Morgan fingerprint density at radius 2 is 0.864 bits per heavy atom. The van der Waals surface area contributed by atoms with Gasteiger partial charge >= 0.3 is 0 Å². The van der Waals surface area contributed by atoms with E-state index in [2.05, 4.69) is 191 Å². The van der Waals surface area contributed by atoms with Crippen LogP contribution in [0.4, 0.5) is 0 Å². The standard InChI is InChI=1S/C57H40N2/c1-33-32-58-55-40(34(33)2)29-30-41-35(3)36(4)54(59-56(41)55)49-19-12-17-43-42(16-11-18-44(43)49)38-25-23-37(24-26-38)39-27-28-48-47-15-7-10-22-52(47)57(53(48)31-39)50-20-8-5-13-45(50)46-14-6-9-21-51(46)57/h5-32H,1-4H3. The highest BCUT2D eigenvalue weighted by Gasteiger charge is 2.51. The second-order valence-corrected chi connectivity index (χ2v) is 16.6. The Hall–Kier alpha value is -7.16. The zero-order valence-corrected chi connectivity index (χ0v) is 33.6. The average Bonchev–Trinajstić information content (AvgIpc) is 3.75. The minimum Gasteiger partial charge on any atom is -0.254 e. The first-order valence-corrected chi connectivity index (χ1v) is 20.7. The summed E-state index contributed by atoms with van der Waals surface area (Å²) in [5.74, 6) is 0. The molecule has 12 rings (SSSR count). The van der Waals surface area contributed by atoms with Crippen molar-refractivity contribution in [2.75, 3.05) is 0 Å². The minimum absolute atomic E-state index is 0.353. The average molecular weight is 753 g/mol. The van der Waals surface area contributed by atoms with Gasteiger partial charge in [-0.15, -0.1) is 0 Å². The van der Waals surface area contributed by atoms with Crippen molar-refractivity contribution in [1.82, 2.24) is 9.97 Å². The number of hydrogen-bond donors (Lipinski definition) is 0. The fourth-order valence-corrected chi connectivity index (χ4v) is 10.6. The zero-order valence-electron chi connectivity index (χ0n) is 33.6. The first-order chi connectivity index (χ1) is 28.9. The first-order valence-electron chi connectivity index (χ1n) is 20.7. The third-order valence-corrected chi connectivity index (χ3v) is 13.8. The summed E-state index contributed by atoms with van der Waals surface area (Å²) in [6.07, 6.45) is 1.98. The van der Waals surface area contributed by atoms with E-state index in [0.29, 0.717) is 0 Å². The smallest absolute Gasteiger partial charge is 0.0975 e. The molecule has 0 unspecified atom stereocenters. The molecule has 2 heterocycles. The van der Waals surface area contributed by atoms with Crippen molar-refractivity contribution in [3.8, 4) is 55.8 Å². The largest absolute Gasteiger partial charge is 0.254 e. The van der Waals surface area contributed by atoms with Crippen molar-refractivity contribution in [3.05, 3.63) is 214 Å². The van der Waals surface area contributed by atoms with Gasteiger partial charge in [-0.1, -0.05) is 158 Å². The highest BCUT2D eigenvalue weighted by molar-refractivity contribution is 6.09. The van der Waals surface area contributed by atoms with Gasteiger partial charge in [-0.3, -0.25) is 4.98 Å². The van der Waals surface area contributed by atoms with E-state index in [1.165, 1.54) is 105 Å². The Balaban J connectivity index is 0.971. The van der Waals surface area contributed by atoms with E-state index in [0.717, 1.165) is 27.7 Å². The van der Waals surface area contributed by atoms with Gasteiger partial charge < -0.3 is 0 Å². The highest BCUT2D eigenvalue weighted by Crippen LogP contribution is 2.63. The normalized spacial score (nSPS) is 13.2. The van der Waals surface area contributed by atoms with Gasteiger partial charge in [-0.25, -0.2) is 4.98 Å². The SMILES string of the molecule is Cc1cnc2c(ccc3c(C)c(C)c(-c4cccc5c(-c6ccc(-c7ccc8c(c7)C7(c9ccccc9-c9ccccc97)c7ccccc7-8)cc6)cccc45)nc32)c1C. The van der Waals surface area contributed by atoms with Gasteiger partial charge in [-0.2, -0.15) is 0 Å². The Bertz CT molecular complexity index is 3360. The second kappa shape index (κ2) is 12.4.